The lowest BCUT2D eigenvalue weighted by atomic mass is 10.1. The van der Waals surface area contributed by atoms with Gasteiger partial charge in [0.25, 0.3) is 5.91 Å². The molecule has 1 rings (SSSR count). The summed E-state index contributed by atoms with van der Waals surface area (Å²) in [4.78, 5) is 27.7. The first-order chi connectivity index (χ1) is 9.81. The minimum atomic E-state index is -0.207. The number of benzene rings is 1. The fourth-order valence-corrected chi connectivity index (χ4v) is 2.55. The first-order valence-electron chi connectivity index (χ1n) is 6.90. The molecule has 0 atom stereocenters. The lowest BCUT2D eigenvalue weighted by Gasteiger charge is -2.24. The average Bonchev–Trinajstić information content (AvgIpc) is 2.43. The Hall–Kier alpha value is -1.56. The van der Waals surface area contributed by atoms with Crippen LogP contribution in [0.3, 0.4) is 0 Å². The van der Waals surface area contributed by atoms with Gasteiger partial charge in [0.1, 0.15) is 0 Å². The summed E-state index contributed by atoms with van der Waals surface area (Å²) in [5.74, 6) is -0.266. The van der Waals surface area contributed by atoms with E-state index >= 15 is 0 Å². The number of nitrogens with zero attached hydrogens (tertiary/aromatic N) is 2. The Balaban J connectivity index is 2.91. The zero-order chi connectivity index (χ0) is 16.2. The minimum absolute atomic E-state index is 0.0588. The molecule has 0 aliphatic carbocycles. The van der Waals surface area contributed by atoms with Crippen molar-refractivity contribution in [3.63, 3.8) is 0 Å². The normalized spacial score (nSPS) is 10.3. The second-order valence-corrected chi connectivity index (χ2v) is 5.81. The third-order valence-electron chi connectivity index (χ3n) is 3.48. The summed E-state index contributed by atoms with van der Waals surface area (Å²) >= 11 is 3.34. The number of nitrogens with two attached hydrogens (primary N) is 1. The highest BCUT2D eigenvalue weighted by Crippen LogP contribution is 2.23. The van der Waals surface area contributed by atoms with Gasteiger partial charge in [0, 0.05) is 35.9 Å². The van der Waals surface area contributed by atoms with Gasteiger partial charge in [0.2, 0.25) is 5.91 Å². The van der Waals surface area contributed by atoms with Crippen molar-refractivity contribution in [2.45, 2.75) is 20.8 Å². The van der Waals surface area contributed by atoms with Crippen LogP contribution in [0.4, 0.5) is 5.69 Å². The lowest BCUT2D eigenvalue weighted by molar-refractivity contribution is -0.131. The predicted molar refractivity (Wildman–Crippen MR) is 88.2 cm³/mol. The molecule has 6 heteroatoms. The molecule has 0 aliphatic heterocycles. The van der Waals surface area contributed by atoms with Crippen LogP contribution in [0.25, 0.3) is 0 Å². The van der Waals surface area contributed by atoms with Crippen LogP contribution in [-0.2, 0) is 4.79 Å². The number of nitrogen functional groups attached to an aromatic ring is 1. The van der Waals surface area contributed by atoms with Gasteiger partial charge in [-0.3, -0.25) is 9.59 Å². The van der Waals surface area contributed by atoms with Crippen LogP contribution in [-0.4, -0.2) is 48.3 Å². The molecule has 1 aromatic carbocycles. The highest BCUT2D eigenvalue weighted by molar-refractivity contribution is 9.10. The molecular weight excluding hydrogens is 334 g/mol. The van der Waals surface area contributed by atoms with Crippen molar-refractivity contribution in [3.05, 3.63) is 27.7 Å². The zero-order valence-electron chi connectivity index (χ0n) is 12.9. The molecule has 5 nitrogen and oxygen atoms in total. The van der Waals surface area contributed by atoms with Gasteiger partial charge in [-0.05, 0) is 38.5 Å². The molecule has 0 unspecified atom stereocenters. The molecule has 0 aromatic heterocycles. The molecular formula is C15H22BrN3O2. The molecule has 1 aromatic rings. The third-order valence-corrected chi connectivity index (χ3v) is 3.94. The van der Waals surface area contributed by atoms with Gasteiger partial charge in [-0.2, -0.15) is 0 Å². The predicted octanol–water partition coefficient (Wildman–Crippen LogP) is 2.28. The summed E-state index contributed by atoms with van der Waals surface area (Å²) in [6.45, 7) is 6.98. The number of likely N-dealkylation sites (N-methyl/N-ethyl adjacent to an activating group) is 2. The molecule has 0 spiro atoms. The SMILES string of the molecule is CCN(CC)C(=O)CN(C)C(=O)c1cc(Br)cc(N)c1C. The number of rotatable bonds is 5. The van der Waals surface area contributed by atoms with E-state index in [9.17, 15) is 9.59 Å². The molecule has 0 aliphatic rings. The fourth-order valence-electron chi connectivity index (χ4n) is 2.08. The van der Waals surface area contributed by atoms with Crippen LogP contribution < -0.4 is 5.73 Å². The van der Waals surface area contributed by atoms with E-state index in [-0.39, 0.29) is 18.4 Å². The molecule has 2 amide bonds. The summed E-state index contributed by atoms with van der Waals surface area (Å²) in [5, 5.41) is 0. The molecule has 0 radical (unpaired) electrons. The number of hydrogen-bond acceptors (Lipinski definition) is 3. The molecule has 116 valence electrons. The van der Waals surface area contributed by atoms with Gasteiger partial charge in [0.15, 0.2) is 0 Å². The molecule has 21 heavy (non-hydrogen) atoms. The van der Waals surface area contributed by atoms with Gasteiger partial charge < -0.3 is 15.5 Å². The van der Waals surface area contributed by atoms with Crippen molar-refractivity contribution in [1.82, 2.24) is 9.80 Å². The highest BCUT2D eigenvalue weighted by atomic mass is 79.9. The summed E-state index contributed by atoms with van der Waals surface area (Å²) in [6, 6.07) is 3.49. The second kappa shape index (κ2) is 7.45. The Morgan fingerprint density at radius 3 is 2.33 bits per heavy atom. The average molecular weight is 356 g/mol. The Morgan fingerprint density at radius 2 is 1.81 bits per heavy atom. The van der Waals surface area contributed by atoms with Crippen LogP contribution in [0, 0.1) is 6.92 Å². The van der Waals surface area contributed by atoms with E-state index in [4.69, 9.17) is 5.73 Å². The summed E-state index contributed by atoms with van der Waals surface area (Å²) in [6.07, 6.45) is 0. The van der Waals surface area contributed by atoms with Crippen molar-refractivity contribution in [2.24, 2.45) is 0 Å². The quantitative estimate of drug-likeness (QED) is 0.823. The van der Waals surface area contributed by atoms with E-state index in [0.29, 0.717) is 24.3 Å². The maximum Gasteiger partial charge on any atom is 0.254 e. The van der Waals surface area contributed by atoms with Crippen molar-refractivity contribution >= 4 is 33.4 Å². The van der Waals surface area contributed by atoms with Gasteiger partial charge in [-0.15, -0.1) is 0 Å². The van der Waals surface area contributed by atoms with Crippen LogP contribution in [0.5, 0.6) is 0 Å². The standard InChI is InChI=1S/C15H22BrN3O2/c1-5-19(6-2)14(20)9-18(4)15(21)12-7-11(16)8-13(17)10(12)3/h7-8H,5-6,9,17H2,1-4H3. The Bertz CT molecular complexity index is 542. The summed E-state index contributed by atoms with van der Waals surface area (Å²) < 4.78 is 0.748. The summed E-state index contributed by atoms with van der Waals surface area (Å²) in [5.41, 5.74) is 7.67. The van der Waals surface area contributed by atoms with E-state index in [0.717, 1.165) is 10.0 Å². The molecule has 0 fully saturated rings. The van der Waals surface area contributed by atoms with Crippen molar-refractivity contribution in [2.75, 3.05) is 32.4 Å². The molecule has 0 saturated carbocycles. The van der Waals surface area contributed by atoms with Crippen LogP contribution in [0.2, 0.25) is 0 Å². The monoisotopic (exact) mass is 355 g/mol. The zero-order valence-corrected chi connectivity index (χ0v) is 14.5. The van der Waals surface area contributed by atoms with E-state index in [1.165, 1.54) is 4.90 Å². The van der Waals surface area contributed by atoms with E-state index in [1.807, 2.05) is 13.8 Å². The number of hydrogen-bond donors (Lipinski definition) is 1. The molecule has 0 heterocycles. The Kier molecular flexibility index (Phi) is 6.20. The Morgan fingerprint density at radius 1 is 1.24 bits per heavy atom. The van der Waals surface area contributed by atoms with Crippen molar-refractivity contribution in [3.8, 4) is 0 Å². The van der Waals surface area contributed by atoms with Gasteiger partial charge in [-0.1, -0.05) is 15.9 Å². The number of amides is 2. The highest BCUT2D eigenvalue weighted by Gasteiger charge is 2.20. The first kappa shape index (κ1) is 17.5. The van der Waals surface area contributed by atoms with Gasteiger partial charge in [0.05, 0.1) is 6.54 Å². The van der Waals surface area contributed by atoms with Crippen molar-refractivity contribution in [1.29, 1.82) is 0 Å². The van der Waals surface area contributed by atoms with Gasteiger partial charge >= 0.3 is 0 Å². The van der Waals surface area contributed by atoms with Crippen LogP contribution in [0.1, 0.15) is 29.8 Å². The van der Waals surface area contributed by atoms with E-state index in [1.54, 1.807) is 31.0 Å². The minimum Gasteiger partial charge on any atom is -0.398 e. The van der Waals surface area contributed by atoms with Gasteiger partial charge in [-0.25, -0.2) is 0 Å². The second-order valence-electron chi connectivity index (χ2n) is 4.89. The largest absolute Gasteiger partial charge is 0.398 e. The smallest absolute Gasteiger partial charge is 0.254 e. The lowest BCUT2D eigenvalue weighted by Crippen LogP contribution is -2.41. The number of anilines is 1. The number of carbonyl (C=O) groups is 2. The molecule has 0 bridgehead atoms. The van der Waals surface area contributed by atoms with Crippen molar-refractivity contribution < 1.29 is 9.59 Å². The van der Waals surface area contributed by atoms with E-state index in [2.05, 4.69) is 15.9 Å². The fraction of sp³-hybridized carbons (Fsp3) is 0.467. The molecule has 0 saturated heterocycles. The maximum atomic E-state index is 12.5. The number of halogens is 1. The summed E-state index contributed by atoms with van der Waals surface area (Å²) in [7, 11) is 1.63. The maximum absolute atomic E-state index is 12.5. The molecule has 2 N–H and O–H groups in total. The van der Waals surface area contributed by atoms with E-state index < -0.39 is 0 Å². The number of carbonyl (C=O) groups excluding carboxylic acids is 2. The van der Waals surface area contributed by atoms with Crippen LogP contribution >= 0.6 is 15.9 Å². The van der Waals surface area contributed by atoms with Crippen LogP contribution in [0.15, 0.2) is 16.6 Å². The topological polar surface area (TPSA) is 66.6 Å². The Labute approximate surface area is 134 Å². The first-order valence-corrected chi connectivity index (χ1v) is 7.69. The third kappa shape index (κ3) is 4.20.